The van der Waals surface area contributed by atoms with Crippen molar-refractivity contribution in [3.05, 3.63) is 79.1 Å². The molecule has 1 aliphatic heterocycles. The third-order valence-electron chi connectivity index (χ3n) is 6.12. The topological polar surface area (TPSA) is 166 Å². The van der Waals surface area contributed by atoms with E-state index in [-0.39, 0.29) is 39.4 Å². The van der Waals surface area contributed by atoms with Gasteiger partial charge >= 0.3 is 11.7 Å². The van der Waals surface area contributed by atoms with Gasteiger partial charge in [0.15, 0.2) is 4.90 Å². The lowest BCUT2D eigenvalue weighted by Gasteiger charge is -2.39. The molecule has 0 spiro atoms. The average molecular weight is 505 g/mol. The molecule has 2 aromatic carbocycles. The van der Waals surface area contributed by atoms with Crippen molar-refractivity contribution in [2.24, 2.45) is 5.73 Å². The van der Waals surface area contributed by atoms with Crippen molar-refractivity contribution in [3.8, 4) is 0 Å². The number of nitrogens with zero attached hydrogens (tertiary/aromatic N) is 2. The van der Waals surface area contributed by atoms with Gasteiger partial charge in [-0.1, -0.05) is 30.7 Å². The summed E-state index contributed by atoms with van der Waals surface area (Å²) in [5.74, 6) is -3.33. The van der Waals surface area contributed by atoms with Crippen LogP contribution in [0.25, 0.3) is 0 Å². The molecule has 0 bridgehead atoms. The monoisotopic (exact) mass is 504 g/mol. The fourth-order valence-electron chi connectivity index (χ4n) is 4.39. The molecule has 0 fully saturated rings. The van der Waals surface area contributed by atoms with E-state index in [9.17, 15) is 24.0 Å². The summed E-state index contributed by atoms with van der Waals surface area (Å²) >= 11 is 3.91. The van der Waals surface area contributed by atoms with Gasteiger partial charge in [0.05, 0.1) is 34.1 Å². The Bertz CT molecular complexity index is 1370. The number of aromatic nitrogens is 2. The second-order valence-electron chi connectivity index (χ2n) is 8.09. The molecule has 3 atom stereocenters. The summed E-state index contributed by atoms with van der Waals surface area (Å²) in [5.41, 5.74) is 9.03. The number of H-pyrrole nitrogens is 1. The van der Waals surface area contributed by atoms with E-state index in [0.29, 0.717) is 0 Å². The third kappa shape index (κ3) is 4.00. The highest BCUT2D eigenvalue weighted by Gasteiger charge is 2.45. The Hall–Kier alpha value is -3.12. The van der Waals surface area contributed by atoms with E-state index >= 15 is 0 Å². The molecule has 4 N–H and O–H groups in total. The van der Waals surface area contributed by atoms with Crippen LogP contribution in [0.15, 0.2) is 38.4 Å². The van der Waals surface area contributed by atoms with Gasteiger partial charge in [-0.05, 0) is 42.2 Å². The van der Waals surface area contributed by atoms with Crippen molar-refractivity contribution in [3.63, 3.8) is 0 Å². The second kappa shape index (κ2) is 8.91. The zero-order chi connectivity index (χ0) is 24.9. The molecule has 0 aliphatic carbocycles. The summed E-state index contributed by atoms with van der Waals surface area (Å²) in [6.45, 7) is 6.01. The van der Waals surface area contributed by atoms with E-state index in [2.05, 4.69) is 10.2 Å². The summed E-state index contributed by atoms with van der Waals surface area (Å²) in [6, 6.07) is 5.29. The number of hydrogen-bond acceptors (Lipinski definition) is 7. The van der Waals surface area contributed by atoms with Gasteiger partial charge in [-0.25, -0.2) is 14.7 Å². The van der Waals surface area contributed by atoms with Gasteiger partial charge in [0.1, 0.15) is 6.04 Å². The lowest BCUT2D eigenvalue weighted by atomic mass is 9.82. The molecular formula is C22H21ClN4O6S. The number of primary amides is 1. The average Bonchev–Trinajstić information content (AvgIpc) is 3.20. The highest BCUT2D eigenvalue weighted by molar-refractivity contribution is 7.89. The van der Waals surface area contributed by atoms with Gasteiger partial charge < -0.3 is 19.8 Å². The van der Waals surface area contributed by atoms with Crippen molar-refractivity contribution in [1.29, 1.82) is 0 Å². The zero-order valence-corrected chi connectivity index (χ0v) is 20.0. The molecule has 0 radical (unpaired) electrons. The molecule has 3 aromatic rings. The van der Waals surface area contributed by atoms with Crippen LogP contribution in [-0.4, -0.2) is 36.0 Å². The second-order valence-corrected chi connectivity index (χ2v) is 9.90. The molecule has 34 heavy (non-hydrogen) atoms. The van der Waals surface area contributed by atoms with E-state index in [0.717, 1.165) is 34.4 Å². The normalized spacial score (nSPS) is 19.0. The predicted octanol–water partition coefficient (Wildman–Crippen LogP) is 2.81. The molecule has 10 nitrogen and oxygen atoms in total. The molecule has 2 heterocycles. The largest absolute Gasteiger partial charge is 0.593 e. The number of aromatic amines is 1. The minimum atomic E-state index is -2.10. The van der Waals surface area contributed by atoms with E-state index in [1.165, 1.54) is 4.31 Å². The SMILES string of the molecule is Cc1ccc2c(c1C)[C@@H](C)[C@@H](c1n[nH]c(=O)o1)N([S+]([O-])c1cc(C(=O)O)c(Cl)cc1C(N)=O)C2. The number of fused-ring (bicyclic) bond motifs is 1. The first kappa shape index (κ1) is 24.0. The summed E-state index contributed by atoms with van der Waals surface area (Å²) in [7, 11) is 0. The number of carbonyl (C=O) groups is 2. The Morgan fingerprint density at radius 3 is 2.62 bits per heavy atom. The van der Waals surface area contributed by atoms with Crippen LogP contribution in [0.2, 0.25) is 5.02 Å². The first-order valence-corrected chi connectivity index (χ1v) is 11.7. The highest BCUT2D eigenvalue weighted by Crippen LogP contribution is 2.46. The van der Waals surface area contributed by atoms with Gasteiger partial charge in [0, 0.05) is 12.0 Å². The lowest BCUT2D eigenvalue weighted by molar-refractivity contribution is 0.0696. The number of aryl methyl sites for hydroxylation is 1. The van der Waals surface area contributed by atoms with Crippen molar-refractivity contribution >= 4 is 34.8 Å². The number of carbonyl (C=O) groups excluding carboxylic acids is 1. The molecule has 1 amide bonds. The van der Waals surface area contributed by atoms with Crippen LogP contribution in [0.5, 0.6) is 0 Å². The maximum atomic E-state index is 13.9. The Morgan fingerprint density at radius 1 is 1.32 bits per heavy atom. The fraction of sp³-hybridized carbons (Fsp3) is 0.273. The van der Waals surface area contributed by atoms with E-state index in [1.807, 2.05) is 32.9 Å². The minimum absolute atomic E-state index is 0.0189. The summed E-state index contributed by atoms with van der Waals surface area (Å²) in [6.07, 6.45) is 0. The van der Waals surface area contributed by atoms with Crippen LogP contribution >= 0.6 is 11.6 Å². The number of nitrogens with one attached hydrogen (secondary N) is 1. The van der Waals surface area contributed by atoms with Crippen LogP contribution in [0.1, 0.15) is 67.7 Å². The van der Waals surface area contributed by atoms with Crippen molar-refractivity contribution in [2.75, 3.05) is 0 Å². The van der Waals surface area contributed by atoms with Crippen LogP contribution < -0.4 is 11.5 Å². The molecule has 12 heteroatoms. The number of aromatic carboxylic acids is 1. The van der Waals surface area contributed by atoms with Gasteiger partial charge in [0.25, 0.3) is 5.91 Å². The smallest absolute Gasteiger partial charge is 0.434 e. The van der Waals surface area contributed by atoms with Gasteiger partial charge in [0.2, 0.25) is 5.89 Å². The van der Waals surface area contributed by atoms with Crippen molar-refractivity contribution < 1.29 is 23.7 Å². The quantitative estimate of drug-likeness (QED) is 0.446. The van der Waals surface area contributed by atoms with E-state index in [1.54, 1.807) is 0 Å². The molecule has 1 aliphatic rings. The summed E-state index contributed by atoms with van der Waals surface area (Å²) in [4.78, 5) is 35.4. The van der Waals surface area contributed by atoms with Crippen LogP contribution in [0.4, 0.5) is 0 Å². The maximum Gasteiger partial charge on any atom is 0.434 e. The number of carboxylic acids is 1. The highest BCUT2D eigenvalue weighted by atomic mass is 35.5. The molecule has 1 aromatic heterocycles. The lowest BCUT2D eigenvalue weighted by Crippen LogP contribution is -2.41. The molecule has 0 saturated heterocycles. The third-order valence-corrected chi connectivity index (χ3v) is 7.92. The van der Waals surface area contributed by atoms with Crippen LogP contribution in [0, 0.1) is 13.8 Å². The molecular weight excluding hydrogens is 484 g/mol. The number of rotatable bonds is 5. The number of amides is 1. The summed E-state index contributed by atoms with van der Waals surface area (Å²) < 4.78 is 20.7. The van der Waals surface area contributed by atoms with Gasteiger partial charge in [-0.15, -0.1) is 9.40 Å². The fourth-order valence-corrected chi connectivity index (χ4v) is 6.19. The number of nitrogens with two attached hydrogens (primary N) is 1. The maximum absolute atomic E-state index is 13.9. The first-order chi connectivity index (χ1) is 16.0. The Morgan fingerprint density at radius 2 is 2.03 bits per heavy atom. The first-order valence-electron chi connectivity index (χ1n) is 10.2. The molecule has 0 saturated carbocycles. The van der Waals surface area contributed by atoms with E-state index < -0.39 is 35.0 Å². The number of hydrogen-bond donors (Lipinski definition) is 3. The van der Waals surface area contributed by atoms with E-state index in [4.69, 9.17) is 21.8 Å². The Labute approximate surface area is 202 Å². The Kier molecular flexibility index (Phi) is 6.30. The van der Waals surface area contributed by atoms with Gasteiger partial charge in [-0.2, -0.15) is 0 Å². The molecule has 4 rings (SSSR count). The minimum Gasteiger partial charge on any atom is -0.593 e. The molecule has 1 unspecified atom stereocenters. The predicted molar refractivity (Wildman–Crippen MR) is 123 cm³/mol. The van der Waals surface area contributed by atoms with Gasteiger partial charge in [-0.3, -0.25) is 4.79 Å². The standard InChI is InChI=1S/C22H21ClN4O6S/c1-9-4-5-12-8-27(18(11(3)17(12)10(9)2)20-25-26-22(31)33-20)34(32)16-7-13(21(29)30)15(23)6-14(16)19(24)28/h4-7,11,18H,8H2,1-3H3,(H2,24,28)(H,26,31)(H,29,30)/t11-,18+,34?/m1/s1. The van der Waals surface area contributed by atoms with Crippen LogP contribution in [0.3, 0.4) is 0 Å². The van der Waals surface area contributed by atoms with Crippen LogP contribution in [-0.2, 0) is 17.9 Å². The summed E-state index contributed by atoms with van der Waals surface area (Å²) in [5, 5.41) is 15.5. The Balaban J connectivity index is 1.92. The molecule has 178 valence electrons. The van der Waals surface area contributed by atoms with Crippen molar-refractivity contribution in [2.45, 2.75) is 44.2 Å². The number of benzene rings is 2. The van der Waals surface area contributed by atoms with Crippen molar-refractivity contribution in [1.82, 2.24) is 14.5 Å². The number of carboxylic acid groups (broad SMARTS) is 1. The zero-order valence-electron chi connectivity index (χ0n) is 18.4. The number of halogens is 1.